The Balaban J connectivity index is 3.24. The number of anilines is 1. The normalized spacial score (nSPS) is 11.6. The van der Waals surface area contributed by atoms with E-state index in [1.165, 1.54) is 0 Å². The molecule has 0 amide bonds. The number of benzene rings is 1. The van der Waals surface area contributed by atoms with Gasteiger partial charge in [0.05, 0.1) is 11.4 Å². The minimum Gasteiger partial charge on any atom is -0.329 e. The van der Waals surface area contributed by atoms with Gasteiger partial charge in [-0.2, -0.15) is 0 Å². The minimum absolute atomic E-state index is 0.0567. The van der Waals surface area contributed by atoms with Gasteiger partial charge < -0.3 is 5.73 Å². The van der Waals surface area contributed by atoms with Crippen molar-refractivity contribution >= 4 is 15.7 Å². The molecule has 0 aliphatic rings. The highest BCUT2D eigenvalue weighted by Gasteiger charge is 2.14. The quantitative estimate of drug-likeness (QED) is 0.860. The van der Waals surface area contributed by atoms with E-state index in [0.29, 0.717) is 5.69 Å². The first-order valence-corrected chi connectivity index (χ1v) is 7.21. The van der Waals surface area contributed by atoms with Crippen LogP contribution in [0.15, 0.2) is 6.07 Å². The molecule has 1 aromatic carbocycles. The van der Waals surface area contributed by atoms with Crippen molar-refractivity contribution in [3.8, 4) is 0 Å². The van der Waals surface area contributed by atoms with Gasteiger partial charge in [-0.3, -0.25) is 4.72 Å². The molecule has 0 fully saturated rings. The van der Waals surface area contributed by atoms with Gasteiger partial charge in [-0.1, -0.05) is 6.07 Å². The van der Waals surface area contributed by atoms with Crippen molar-refractivity contribution in [3.63, 3.8) is 0 Å². The summed E-state index contributed by atoms with van der Waals surface area (Å²) in [6, 6.07) is 2.06. The molecule has 1 rings (SSSR count). The van der Waals surface area contributed by atoms with Gasteiger partial charge >= 0.3 is 0 Å². The summed E-state index contributed by atoms with van der Waals surface area (Å²) in [6.07, 6.45) is 0. The molecule has 0 spiro atoms. The zero-order valence-corrected chi connectivity index (χ0v) is 11.6. The molecule has 0 bridgehead atoms. The fourth-order valence-electron chi connectivity index (χ4n) is 1.73. The number of aryl methyl sites for hydroxylation is 2. The second kappa shape index (κ2) is 5.06. The van der Waals surface area contributed by atoms with Gasteiger partial charge in [-0.25, -0.2) is 8.42 Å². The topological polar surface area (TPSA) is 72.2 Å². The highest BCUT2D eigenvalue weighted by molar-refractivity contribution is 7.92. The summed E-state index contributed by atoms with van der Waals surface area (Å²) in [7, 11) is -3.34. The summed E-state index contributed by atoms with van der Waals surface area (Å²) in [5, 5.41) is 0. The number of sulfonamides is 1. The smallest absolute Gasteiger partial charge is 0.233 e. The monoisotopic (exact) mass is 256 g/mol. The summed E-state index contributed by atoms with van der Waals surface area (Å²) in [5.41, 5.74) is 10.1. The SMILES string of the molecule is Cc1cc(C)c(C)c(NS(=O)(=O)CCN)c1C. The average Bonchev–Trinajstić information content (AvgIpc) is 2.21. The van der Waals surface area contributed by atoms with E-state index in [2.05, 4.69) is 10.8 Å². The lowest BCUT2D eigenvalue weighted by atomic mass is 9.99. The molecule has 17 heavy (non-hydrogen) atoms. The largest absolute Gasteiger partial charge is 0.329 e. The molecule has 0 aliphatic heterocycles. The predicted molar refractivity (Wildman–Crippen MR) is 71.9 cm³/mol. The minimum atomic E-state index is -3.34. The van der Waals surface area contributed by atoms with Crippen LogP contribution in [-0.4, -0.2) is 20.7 Å². The highest BCUT2D eigenvalue weighted by Crippen LogP contribution is 2.27. The predicted octanol–water partition coefficient (Wildman–Crippen LogP) is 1.62. The maximum Gasteiger partial charge on any atom is 0.233 e. The van der Waals surface area contributed by atoms with Gasteiger partial charge in [0.1, 0.15) is 0 Å². The van der Waals surface area contributed by atoms with E-state index in [1.807, 2.05) is 27.7 Å². The second-order valence-corrected chi connectivity index (χ2v) is 6.19. The van der Waals surface area contributed by atoms with Gasteiger partial charge in [0, 0.05) is 6.54 Å². The summed E-state index contributed by atoms with van der Waals surface area (Å²) in [4.78, 5) is 0. The van der Waals surface area contributed by atoms with Crippen LogP contribution in [0.4, 0.5) is 5.69 Å². The number of nitrogens with two attached hydrogens (primary N) is 1. The Morgan fingerprint density at radius 3 is 2.00 bits per heavy atom. The Kier molecular flexibility index (Phi) is 4.16. The molecule has 1 aromatic rings. The highest BCUT2D eigenvalue weighted by atomic mass is 32.2. The summed E-state index contributed by atoms with van der Waals surface area (Å²) in [6.45, 7) is 7.91. The van der Waals surface area contributed by atoms with Gasteiger partial charge in [0.25, 0.3) is 0 Å². The standard InChI is InChI=1S/C12H20N2O2S/c1-8-7-9(2)11(4)12(10(8)3)14-17(15,16)6-5-13/h7,14H,5-6,13H2,1-4H3. The molecule has 0 unspecified atom stereocenters. The zero-order valence-electron chi connectivity index (χ0n) is 10.8. The van der Waals surface area contributed by atoms with Crippen molar-refractivity contribution in [2.75, 3.05) is 17.0 Å². The maximum absolute atomic E-state index is 11.7. The molecule has 0 saturated heterocycles. The number of nitrogens with one attached hydrogen (secondary N) is 1. The molecule has 5 heteroatoms. The molecular weight excluding hydrogens is 236 g/mol. The van der Waals surface area contributed by atoms with Gasteiger partial charge in [-0.15, -0.1) is 0 Å². The van der Waals surface area contributed by atoms with Crippen LogP contribution in [0.2, 0.25) is 0 Å². The Bertz CT molecular complexity index is 496. The average molecular weight is 256 g/mol. The Morgan fingerprint density at radius 1 is 1.12 bits per heavy atom. The van der Waals surface area contributed by atoms with Crippen molar-refractivity contribution in [2.45, 2.75) is 27.7 Å². The van der Waals surface area contributed by atoms with E-state index in [1.54, 1.807) is 0 Å². The summed E-state index contributed by atoms with van der Waals surface area (Å²) >= 11 is 0. The molecular formula is C12H20N2O2S. The van der Waals surface area contributed by atoms with Crippen molar-refractivity contribution < 1.29 is 8.42 Å². The fraction of sp³-hybridized carbons (Fsp3) is 0.500. The van der Waals surface area contributed by atoms with E-state index in [-0.39, 0.29) is 12.3 Å². The summed E-state index contributed by atoms with van der Waals surface area (Å²) in [5.74, 6) is -0.0567. The van der Waals surface area contributed by atoms with Crippen LogP contribution < -0.4 is 10.5 Å². The van der Waals surface area contributed by atoms with Crippen LogP contribution in [0, 0.1) is 27.7 Å². The third-order valence-corrected chi connectivity index (χ3v) is 4.30. The van der Waals surface area contributed by atoms with Crippen molar-refractivity contribution in [2.24, 2.45) is 5.73 Å². The van der Waals surface area contributed by atoms with Crippen LogP contribution in [0.1, 0.15) is 22.3 Å². The molecule has 0 atom stereocenters. The van der Waals surface area contributed by atoms with Gasteiger partial charge in [0.2, 0.25) is 10.0 Å². The van der Waals surface area contributed by atoms with Crippen LogP contribution in [-0.2, 0) is 10.0 Å². The lowest BCUT2D eigenvalue weighted by Gasteiger charge is -2.16. The van der Waals surface area contributed by atoms with Gasteiger partial charge in [0.15, 0.2) is 0 Å². The molecule has 0 saturated carbocycles. The number of rotatable bonds is 4. The van der Waals surface area contributed by atoms with E-state index < -0.39 is 10.0 Å². The van der Waals surface area contributed by atoms with Gasteiger partial charge in [-0.05, 0) is 49.9 Å². The van der Waals surface area contributed by atoms with Crippen molar-refractivity contribution in [3.05, 3.63) is 28.3 Å². The molecule has 0 aliphatic carbocycles. The Hall–Kier alpha value is -1.07. The molecule has 0 aromatic heterocycles. The van der Waals surface area contributed by atoms with E-state index in [9.17, 15) is 8.42 Å². The first-order valence-electron chi connectivity index (χ1n) is 5.56. The van der Waals surface area contributed by atoms with E-state index in [4.69, 9.17) is 5.73 Å². The first-order chi connectivity index (χ1) is 7.78. The third kappa shape index (κ3) is 3.20. The molecule has 0 radical (unpaired) electrons. The molecule has 4 nitrogen and oxygen atoms in total. The van der Waals surface area contributed by atoms with Crippen LogP contribution in [0.5, 0.6) is 0 Å². The van der Waals surface area contributed by atoms with Crippen molar-refractivity contribution in [1.82, 2.24) is 0 Å². The second-order valence-electron chi connectivity index (χ2n) is 4.34. The lowest BCUT2D eigenvalue weighted by molar-refractivity contribution is 0.601. The Morgan fingerprint density at radius 2 is 1.59 bits per heavy atom. The van der Waals surface area contributed by atoms with Crippen LogP contribution >= 0.6 is 0 Å². The first kappa shape index (κ1) is 14.0. The zero-order chi connectivity index (χ0) is 13.2. The van der Waals surface area contributed by atoms with Crippen LogP contribution in [0.25, 0.3) is 0 Å². The lowest BCUT2D eigenvalue weighted by Crippen LogP contribution is -2.23. The summed E-state index contributed by atoms with van der Waals surface area (Å²) < 4.78 is 26.1. The Labute approximate surface area is 103 Å². The van der Waals surface area contributed by atoms with E-state index >= 15 is 0 Å². The molecule has 96 valence electrons. The molecule has 0 heterocycles. The van der Waals surface area contributed by atoms with Crippen LogP contribution in [0.3, 0.4) is 0 Å². The number of hydrogen-bond donors (Lipinski definition) is 2. The fourth-order valence-corrected chi connectivity index (χ4v) is 2.76. The van der Waals surface area contributed by atoms with Crippen molar-refractivity contribution in [1.29, 1.82) is 0 Å². The molecule has 3 N–H and O–H groups in total. The third-order valence-electron chi connectivity index (χ3n) is 3.01. The number of hydrogen-bond acceptors (Lipinski definition) is 3. The van der Waals surface area contributed by atoms with E-state index in [0.717, 1.165) is 22.3 Å². The maximum atomic E-state index is 11.7.